The van der Waals surface area contributed by atoms with Crippen LogP contribution in [0.5, 0.6) is 0 Å². The Labute approximate surface area is 69.4 Å². The third-order valence-corrected chi connectivity index (χ3v) is 1.38. The number of thiol groups is 2. The van der Waals surface area contributed by atoms with Crippen molar-refractivity contribution in [2.75, 3.05) is 5.75 Å². The van der Waals surface area contributed by atoms with E-state index in [0.717, 1.165) is 0 Å². The Morgan fingerprint density at radius 3 is 2.40 bits per heavy atom. The van der Waals surface area contributed by atoms with Gasteiger partial charge in [-0.15, -0.1) is 12.6 Å². The largest absolute Gasteiger partial charge is 0.367 e. The molecule has 1 atom stereocenters. The zero-order valence-electron chi connectivity index (χ0n) is 5.07. The first-order chi connectivity index (χ1) is 4.57. The van der Waals surface area contributed by atoms with Crippen LogP contribution in [-0.4, -0.2) is 22.9 Å². The van der Waals surface area contributed by atoms with Crippen molar-refractivity contribution in [1.82, 2.24) is 5.32 Å². The van der Waals surface area contributed by atoms with Crippen molar-refractivity contribution in [3.63, 3.8) is 0 Å². The lowest BCUT2D eigenvalue weighted by molar-refractivity contribution is -0.123. The number of carbonyl (C=O) groups is 2. The van der Waals surface area contributed by atoms with E-state index >= 15 is 0 Å². The van der Waals surface area contributed by atoms with Crippen LogP contribution in [0, 0.1) is 0 Å². The molecule has 58 valence electrons. The summed E-state index contributed by atoms with van der Waals surface area (Å²) in [6.45, 7) is 0. The summed E-state index contributed by atoms with van der Waals surface area (Å²) < 4.78 is 0. The highest BCUT2D eigenvalue weighted by Gasteiger charge is 2.10. The van der Waals surface area contributed by atoms with Gasteiger partial charge in [-0.2, -0.15) is 12.6 Å². The summed E-state index contributed by atoms with van der Waals surface area (Å²) in [5.74, 6) is -1.04. The molecule has 0 rings (SSSR count). The van der Waals surface area contributed by atoms with Gasteiger partial charge in [0.15, 0.2) is 5.37 Å². The van der Waals surface area contributed by atoms with Crippen molar-refractivity contribution in [3.05, 3.63) is 0 Å². The number of amides is 2. The Morgan fingerprint density at radius 1 is 1.60 bits per heavy atom. The van der Waals surface area contributed by atoms with Gasteiger partial charge < -0.3 is 11.1 Å². The van der Waals surface area contributed by atoms with E-state index in [1.165, 1.54) is 0 Å². The maximum absolute atomic E-state index is 10.5. The molecule has 0 aliphatic carbocycles. The number of primary amides is 1. The molecular weight excluding hydrogens is 172 g/mol. The predicted molar refractivity (Wildman–Crippen MR) is 44.0 cm³/mol. The lowest BCUT2D eigenvalue weighted by Crippen LogP contribution is -2.41. The van der Waals surface area contributed by atoms with E-state index in [9.17, 15) is 9.59 Å². The molecule has 0 bridgehead atoms. The molecule has 2 amide bonds. The zero-order chi connectivity index (χ0) is 8.15. The molecule has 0 aliphatic rings. The molecule has 3 N–H and O–H groups in total. The van der Waals surface area contributed by atoms with Crippen LogP contribution < -0.4 is 11.1 Å². The molecule has 0 fully saturated rings. The first-order valence-corrected chi connectivity index (χ1v) is 3.60. The van der Waals surface area contributed by atoms with Crippen LogP contribution in [0.3, 0.4) is 0 Å². The average Bonchev–Trinajstić information content (AvgIpc) is 1.87. The summed E-state index contributed by atoms with van der Waals surface area (Å²) in [5, 5.41) is 1.29. The standard InChI is InChI=1S/C4H8N2O2S2/c5-3(8)4(10)6-2(7)1-9/h4,9-10H,1H2,(H2,5,8)(H,6,7). The minimum Gasteiger partial charge on any atom is -0.367 e. The second-order valence-corrected chi connectivity index (χ2v) is 2.36. The van der Waals surface area contributed by atoms with Crippen LogP contribution >= 0.6 is 25.3 Å². The molecule has 6 heteroatoms. The van der Waals surface area contributed by atoms with Gasteiger partial charge in [0.05, 0.1) is 5.75 Å². The van der Waals surface area contributed by atoms with Crippen LogP contribution in [-0.2, 0) is 9.59 Å². The average molecular weight is 180 g/mol. The van der Waals surface area contributed by atoms with Crippen molar-refractivity contribution in [2.45, 2.75) is 5.37 Å². The SMILES string of the molecule is NC(=O)C(S)NC(=O)CS. The minimum atomic E-state index is -0.917. The highest BCUT2D eigenvalue weighted by Crippen LogP contribution is 1.87. The Hall–Kier alpha value is -0.360. The van der Waals surface area contributed by atoms with Gasteiger partial charge in [-0.3, -0.25) is 9.59 Å². The van der Waals surface area contributed by atoms with E-state index in [0.29, 0.717) is 0 Å². The van der Waals surface area contributed by atoms with E-state index in [4.69, 9.17) is 5.73 Å². The number of hydrogen-bond acceptors (Lipinski definition) is 4. The molecule has 0 heterocycles. The summed E-state index contributed by atoms with van der Waals surface area (Å²) in [6.07, 6.45) is 0. The summed E-state index contributed by atoms with van der Waals surface area (Å²) in [7, 11) is 0. The molecule has 0 saturated heterocycles. The summed E-state index contributed by atoms with van der Waals surface area (Å²) in [6, 6.07) is 0. The van der Waals surface area contributed by atoms with Crippen molar-refractivity contribution >= 4 is 37.1 Å². The van der Waals surface area contributed by atoms with E-state index < -0.39 is 11.3 Å². The summed E-state index contributed by atoms with van der Waals surface area (Å²) >= 11 is 7.34. The molecule has 0 saturated carbocycles. The number of nitrogens with one attached hydrogen (secondary N) is 1. The Morgan fingerprint density at radius 2 is 2.10 bits per heavy atom. The topological polar surface area (TPSA) is 72.2 Å². The molecular formula is C4H8N2O2S2. The monoisotopic (exact) mass is 180 g/mol. The van der Waals surface area contributed by atoms with Gasteiger partial charge in [0.2, 0.25) is 11.8 Å². The van der Waals surface area contributed by atoms with Crippen LogP contribution in [0.15, 0.2) is 0 Å². The Kier molecular flexibility index (Phi) is 4.29. The summed E-state index contributed by atoms with van der Waals surface area (Å²) in [4.78, 5) is 20.7. The third kappa shape index (κ3) is 3.62. The van der Waals surface area contributed by atoms with Gasteiger partial charge in [0, 0.05) is 0 Å². The molecule has 10 heavy (non-hydrogen) atoms. The van der Waals surface area contributed by atoms with Gasteiger partial charge >= 0.3 is 0 Å². The van der Waals surface area contributed by atoms with Gasteiger partial charge in [0.1, 0.15) is 0 Å². The molecule has 1 unspecified atom stereocenters. The second kappa shape index (κ2) is 4.45. The number of nitrogens with two attached hydrogens (primary N) is 1. The van der Waals surface area contributed by atoms with Gasteiger partial charge in [-0.25, -0.2) is 0 Å². The first-order valence-electron chi connectivity index (χ1n) is 2.45. The fourth-order valence-corrected chi connectivity index (χ4v) is 0.505. The highest BCUT2D eigenvalue weighted by molar-refractivity contribution is 7.82. The molecule has 4 nitrogen and oxygen atoms in total. The van der Waals surface area contributed by atoms with Gasteiger partial charge in [-0.1, -0.05) is 0 Å². The molecule has 0 radical (unpaired) electrons. The van der Waals surface area contributed by atoms with Crippen LogP contribution in [0.2, 0.25) is 0 Å². The molecule has 0 spiro atoms. The van der Waals surface area contributed by atoms with E-state index in [2.05, 4.69) is 30.6 Å². The lowest BCUT2D eigenvalue weighted by atomic mass is 10.5. The van der Waals surface area contributed by atoms with Gasteiger partial charge in [0.25, 0.3) is 0 Å². The molecule has 0 aliphatic heterocycles. The lowest BCUT2D eigenvalue weighted by Gasteiger charge is -2.06. The first kappa shape index (κ1) is 9.64. The maximum atomic E-state index is 10.5. The van der Waals surface area contributed by atoms with Gasteiger partial charge in [-0.05, 0) is 0 Å². The van der Waals surface area contributed by atoms with Crippen molar-refractivity contribution < 1.29 is 9.59 Å². The Balaban J connectivity index is 3.68. The van der Waals surface area contributed by atoms with Crippen molar-refractivity contribution in [1.29, 1.82) is 0 Å². The van der Waals surface area contributed by atoms with Crippen LogP contribution in [0.25, 0.3) is 0 Å². The third-order valence-electron chi connectivity index (χ3n) is 0.711. The Bertz CT molecular complexity index is 150. The van der Waals surface area contributed by atoms with Crippen molar-refractivity contribution in [2.24, 2.45) is 5.73 Å². The van der Waals surface area contributed by atoms with E-state index in [1.54, 1.807) is 0 Å². The predicted octanol–water partition coefficient (Wildman–Crippen LogP) is -1.23. The number of rotatable bonds is 3. The molecule has 0 aromatic heterocycles. The number of carbonyl (C=O) groups excluding carboxylic acids is 2. The zero-order valence-corrected chi connectivity index (χ0v) is 6.86. The second-order valence-electron chi connectivity index (χ2n) is 1.53. The molecule has 0 aromatic rings. The quantitative estimate of drug-likeness (QED) is 0.324. The van der Waals surface area contributed by atoms with Crippen LogP contribution in [0.4, 0.5) is 0 Å². The van der Waals surface area contributed by atoms with Crippen molar-refractivity contribution in [3.8, 4) is 0 Å². The normalized spacial score (nSPS) is 12.2. The van der Waals surface area contributed by atoms with Crippen LogP contribution in [0.1, 0.15) is 0 Å². The minimum absolute atomic E-state index is 0.0182. The number of hydrogen-bond donors (Lipinski definition) is 4. The fourth-order valence-electron chi connectivity index (χ4n) is 0.269. The smallest absolute Gasteiger partial charge is 0.250 e. The van der Waals surface area contributed by atoms with E-state index in [1.807, 2.05) is 0 Å². The fraction of sp³-hybridized carbons (Fsp3) is 0.500. The summed E-state index contributed by atoms with van der Waals surface area (Å²) in [5.41, 5.74) is 4.78. The maximum Gasteiger partial charge on any atom is 0.250 e. The highest BCUT2D eigenvalue weighted by atomic mass is 32.1. The van der Waals surface area contributed by atoms with E-state index in [-0.39, 0.29) is 11.7 Å². The molecule has 0 aromatic carbocycles.